The number of aromatic amines is 1. The van der Waals surface area contributed by atoms with Crippen LogP contribution in [0.5, 0.6) is 17.2 Å². The topological polar surface area (TPSA) is 63.8 Å². The highest BCUT2D eigenvalue weighted by molar-refractivity contribution is 5.95. The van der Waals surface area contributed by atoms with Gasteiger partial charge in [0.05, 0.1) is 27.9 Å². The third-order valence-electron chi connectivity index (χ3n) is 5.10. The summed E-state index contributed by atoms with van der Waals surface area (Å²) in [4.78, 5) is 18.3. The van der Waals surface area contributed by atoms with Gasteiger partial charge in [0.1, 0.15) is 5.75 Å². The monoisotopic (exact) mass is 366 g/mol. The van der Waals surface area contributed by atoms with Gasteiger partial charge in [0.2, 0.25) is 0 Å². The zero-order valence-corrected chi connectivity index (χ0v) is 15.7. The lowest BCUT2D eigenvalue weighted by molar-refractivity contribution is 0.0732. The summed E-state index contributed by atoms with van der Waals surface area (Å²) in [6.07, 6.45) is 0.807. The lowest BCUT2D eigenvalue weighted by atomic mass is 10.0. The van der Waals surface area contributed by atoms with Gasteiger partial charge in [-0.1, -0.05) is 0 Å². The van der Waals surface area contributed by atoms with Gasteiger partial charge in [-0.05, 0) is 48.4 Å². The van der Waals surface area contributed by atoms with Gasteiger partial charge >= 0.3 is 0 Å². The Labute approximate surface area is 157 Å². The standard InChI is InChI=1S/C21H22N2O4/c1-25-14-5-6-17-16(11-14)15-8-9-23(12-18(15)22-17)21(24)13-4-7-19(26-2)20(10-13)27-3/h4-7,10-11,22H,8-9,12H2,1-3H3. The molecule has 0 saturated heterocycles. The molecule has 27 heavy (non-hydrogen) atoms. The molecule has 0 saturated carbocycles. The number of carbonyl (C=O) groups is 1. The first-order chi connectivity index (χ1) is 13.1. The van der Waals surface area contributed by atoms with Crippen molar-refractivity contribution in [3.05, 3.63) is 53.2 Å². The minimum atomic E-state index is -0.0159. The van der Waals surface area contributed by atoms with Crippen molar-refractivity contribution in [1.29, 1.82) is 0 Å². The van der Waals surface area contributed by atoms with Gasteiger partial charge < -0.3 is 24.1 Å². The predicted octanol–water partition coefficient (Wildman–Crippen LogP) is 3.39. The van der Waals surface area contributed by atoms with Gasteiger partial charge in [-0.3, -0.25) is 4.79 Å². The molecule has 0 radical (unpaired) electrons. The van der Waals surface area contributed by atoms with Crippen LogP contribution in [0.3, 0.4) is 0 Å². The Morgan fingerprint density at radius 2 is 1.81 bits per heavy atom. The molecule has 1 aliphatic heterocycles. The molecular formula is C21H22N2O4. The van der Waals surface area contributed by atoms with E-state index in [4.69, 9.17) is 14.2 Å². The summed E-state index contributed by atoms with van der Waals surface area (Å²) < 4.78 is 15.9. The number of rotatable bonds is 4. The molecule has 140 valence electrons. The summed E-state index contributed by atoms with van der Waals surface area (Å²) in [5, 5.41) is 1.17. The van der Waals surface area contributed by atoms with Crippen molar-refractivity contribution in [2.24, 2.45) is 0 Å². The summed E-state index contributed by atoms with van der Waals surface area (Å²) in [6.45, 7) is 1.23. The van der Waals surface area contributed by atoms with E-state index in [1.807, 2.05) is 17.0 Å². The highest BCUT2D eigenvalue weighted by atomic mass is 16.5. The normalized spacial score (nSPS) is 13.4. The van der Waals surface area contributed by atoms with E-state index in [0.717, 1.165) is 23.4 Å². The summed E-state index contributed by atoms with van der Waals surface area (Å²) in [7, 11) is 4.82. The van der Waals surface area contributed by atoms with E-state index < -0.39 is 0 Å². The maximum Gasteiger partial charge on any atom is 0.254 e. The SMILES string of the molecule is COc1ccc2[nH]c3c(c2c1)CCN(C(=O)c1ccc(OC)c(OC)c1)C3. The first kappa shape index (κ1) is 17.3. The fourth-order valence-electron chi connectivity index (χ4n) is 3.67. The number of nitrogens with zero attached hydrogens (tertiary/aromatic N) is 1. The number of H-pyrrole nitrogens is 1. The van der Waals surface area contributed by atoms with Crippen LogP contribution in [0, 0.1) is 0 Å². The number of amides is 1. The number of aromatic nitrogens is 1. The zero-order chi connectivity index (χ0) is 19.0. The zero-order valence-electron chi connectivity index (χ0n) is 15.7. The van der Waals surface area contributed by atoms with Crippen molar-refractivity contribution >= 4 is 16.8 Å². The van der Waals surface area contributed by atoms with E-state index in [0.29, 0.717) is 30.2 Å². The van der Waals surface area contributed by atoms with E-state index >= 15 is 0 Å². The molecule has 4 rings (SSSR count). The third-order valence-corrected chi connectivity index (χ3v) is 5.10. The van der Waals surface area contributed by atoms with Crippen molar-refractivity contribution < 1.29 is 19.0 Å². The van der Waals surface area contributed by atoms with E-state index in [1.54, 1.807) is 39.5 Å². The van der Waals surface area contributed by atoms with Crippen LogP contribution in [0.4, 0.5) is 0 Å². The van der Waals surface area contributed by atoms with Gasteiger partial charge in [0.25, 0.3) is 5.91 Å². The molecule has 1 aromatic heterocycles. The molecule has 1 aliphatic rings. The van der Waals surface area contributed by atoms with Crippen LogP contribution in [0.15, 0.2) is 36.4 Å². The van der Waals surface area contributed by atoms with Crippen molar-refractivity contribution in [3.63, 3.8) is 0 Å². The number of benzene rings is 2. The average molecular weight is 366 g/mol. The molecule has 6 nitrogen and oxygen atoms in total. The van der Waals surface area contributed by atoms with E-state index in [9.17, 15) is 4.79 Å². The maximum absolute atomic E-state index is 13.0. The Kier molecular flexibility index (Phi) is 4.39. The number of fused-ring (bicyclic) bond motifs is 3. The minimum absolute atomic E-state index is 0.0159. The fraction of sp³-hybridized carbons (Fsp3) is 0.286. The van der Waals surface area contributed by atoms with Crippen LogP contribution < -0.4 is 14.2 Å². The number of hydrogen-bond donors (Lipinski definition) is 1. The molecule has 0 fully saturated rings. The smallest absolute Gasteiger partial charge is 0.254 e. The quantitative estimate of drug-likeness (QED) is 0.769. The Hall–Kier alpha value is -3.15. The second-order valence-corrected chi connectivity index (χ2v) is 6.54. The van der Waals surface area contributed by atoms with Crippen LogP contribution in [0.1, 0.15) is 21.6 Å². The molecule has 0 aliphatic carbocycles. The van der Waals surface area contributed by atoms with Crippen molar-refractivity contribution in [3.8, 4) is 17.2 Å². The molecule has 2 heterocycles. The van der Waals surface area contributed by atoms with Crippen molar-refractivity contribution in [2.75, 3.05) is 27.9 Å². The van der Waals surface area contributed by atoms with Gasteiger partial charge in [-0.15, -0.1) is 0 Å². The van der Waals surface area contributed by atoms with Crippen LogP contribution in [-0.4, -0.2) is 43.7 Å². The summed E-state index contributed by atoms with van der Waals surface area (Å²) in [5.41, 5.74) is 4.01. The third kappa shape index (κ3) is 2.97. The number of nitrogens with one attached hydrogen (secondary N) is 1. The lowest BCUT2D eigenvalue weighted by Gasteiger charge is -2.27. The number of hydrogen-bond acceptors (Lipinski definition) is 4. The highest BCUT2D eigenvalue weighted by Crippen LogP contribution is 2.32. The van der Waals surface area contributed by atoms with Crippen LogP contribution in [0.25, 0.3) is 10.9 Å². The number of ether oxygens (including phenoxy) is 3. The van der Waals surface area contributed by atoms with Gasteiger partial charge in [0.15, 0.2) is 11.5 Å². The number of methoxy groups -OCH3 is 3. The minimum Gasteiger partial charge on any atom is -0.497 e. The summed E-state index contributed by atoms with van der Waals surface area (Å²) >= 11 is 0. The molecule has 1 N–H and O–H groups in total. The summed E-state index contributed by atoms with van der Waals surface area (Å²) in [6, 6.07) is 11.3. The Balaban J connectivity index is 1.62. The largest absolute Gasteiger partial charge is 0.497 e. The molecule has 0 atom stereocenters. The maximum atomic E-state index is 13.0. The molecule has 0 unspecified atom stereocenters. The fourth-order valence-corrected chi connectivity index (χ4v) is 3.67. The molecule has 1 amide bonds. The average Bonchev–Trinajstić information content (AvgIpc) is 3.09. The lowest BCUT2D eigenvalue weighted by Crippen LogP contribution is -2.35. The molecule has 2 aromatic carbocycles. The van der Waals surface area contributed by atoms with Crippen molar-refractivity contribution in [2.45, 2.75) is 13.0 Å². The first-order valence-electron chi connectivity index (χ1n) is 8.83. The molecule has 3 aromatic rings. The van der Waals surface area contributed by atoms with E-state index in [2.05, 4.69) is 11.1 Å². The van der Waals surface area contributed by atoms with Crippen molar-refractivity contribution in [1.82, 2.24) is 9.88 Å². The van der Waals surface area contributed by atoms with Gasteiger partial charge in [0, 0.05) is 28.7 Å². The Morgan fingerprint density at radius 3 is 2.56 bits per heavy atom. The Morgan fingerprint density at radius 1 is 1.00 bits per heavy atom. The van der Waals surface area contributed by atoms with E-state index in [1.165, 1.54) is 10.9 Å². The Bertz CT molecular complexity index is 1010. The highest BCUT2D eigenvalue weighted by Gasteiger charge is 2.25. The van der Waals surface area contributed by atoms with Crippen LogP contribution in [-0.2, 0) is 13.0 Å². The predicted molar refractivity (Wildman–Crippen MR) is 103 cm³/mol. The second-order valence-electron chi connectivity index (χ2n) is 6.54. The molecular weight excluding hydrogens is 344 g/mol. The molecule has 0 bridgehead atoms. The molecule has 6 heteroatoms. The number of carbonyl (C=O) groups excluding carboxylic acids is 1. The second kappa shape index (κ2) is 6.87. The van der Waals surface area contributed by atoms with Crippen LogP contribution >= 0.6 is 0 Å². The van der Waals surface area contributed by atoms with Gasteiger partial charge in [-0.2, -0.15) is 0 Å². The van der Waals surface area contributed by atoms with E-state index in [-0.39, 0.29) is 5.91 Å². The summed E-state index contributed by atoms with van der Waals surface area (Å²) in [5.74, 6) is 1.99. The molecule has 0 spiro atoms. The first-order valence-corrected chi connectivity index (χ1v) is 8.83. The van der Waals surface area contributed by atoms with Crippen LogP contribution in [0.2, 0.25) is 0 Å². The van der Waals surface area contributed by atoms with Gasteiger partial charge in [-0.25, -0.2) is 0 Å².